The number of nitrogens with one attached hydrogen (secondary N) is 1. The van der Waals surface area contributed by atoms with Crippen LogP contribution in [-0.4, -0.2) is 30.0 Å². The van der Waals surface area contributed by atoms with Crippen molar-refractivity contribution in [1.29, 1.82) is 0 Å². The summed E-state index contributed by atoms with van der Waals surface area (Å²) >= 11 is 6.22. The van der Waals surface area contributed by atoms with Gasteiger partial charge in [-0.3, -0.25) is 4.79 Å². The molecule has 0 bridgehead atoms. The van der Waals surface area contributed by atoms with E-state index in [1.807, 2.05) is 30.3 Å². The van der Waals surface area contributed by atoms with E-state index < -0.39 is 0 Å². The van der Waals surface area contributed by atoms with Crippen LogP contribution in [0.25, 0.3) is 5.69 Å². The molecule has 0 fully saturated rings. The lowest BCUT2D eigenvalue weighted by molar-refractivity contribution is 0.157. The lowest BCUT2D eigenvalue weighted by Gasteiger charge is -2.25. The van der Waals surface area contributed by atoms with Crippen molar-refractivity contribution in [1.82, 2.24) is 9.78 Å². The first-order valence-electron chi connectivity index (χ1n) is 7.51. The second-order valence-corrected chi connectivity index (χ2v) is 6.56. The van der Waals surface area contributed by atoms with Gasteiger partial charge in [0.15, 0.2) is 0 Å². The largest absolute Gasteiger partial charge is 0.385 e. The molecule has 0 radical (unpaired) electrons. The number of aromatic nitrogens is 2. The predicted molar refractivity (Wildman–Crippen MR) is 93.6 cm³/mol. The van der Waals surface area contributed by atoms with Gasteiger partial charge in [0, 0.05) is 20.3 Å². The Morgan fingerprint density at radius 3 is 2.65 bits per heavy atom. The van der Waals surface area contributed by atoms with Gasteiger partial charge in [-0.15, -0.1) is 0 Å². The molecule has 0 spiro atoms. The van der Waals surface area contributed by atoms with E-state index >= 15 is 0 Å². The number of ether oxygens (including phenoxy) is 1. The average Bonchev–Trinajstić information content (AvgIpc) is 2.55. The van der Waals surface area contributed by atoms with Gasteiger partial charge in [-0.25, -0.2) is 0 Å². The normalized spacial score (nSPS) is 11.5. The molecule has 124 valence electrons. The number of para-hydroxylation sites is 1. The highest BCUT2D eigenvalue weighted by Crippen LogP contribution is 2.23. The fourth-order valence-corrected chi connectivity index (χ4v) is 2.31. The summed E-state index contributed by atoms with van der Waals surface area (Å²) in [6, 6.07) is 9.20. The van der Waals surface area contributed by atoms with Gasteiger partial charge in [0.2, 0.25) is 0 Å². The monoisotopic (exact) mass is 335 g/mol. The molecule has 2 rings (SSSR count). The molecule has 5 nitrogen and oxygen atoms in total. The number of anilines is 1. The molecule has 0 atom stereocenters. The van der Waals surface area contributed by atoms with Gasteiger partial charge in [0.1, 0.15) is 5.02 Å². The van der Waals surface area contributed by atoms with E-state index in [1.54, 1.807) is 13.3 Å². The second-order valence-electron chi connectivity index (χ2n) is 6.19. The molecular weight excluding hydrogens is 314 g/mol. The Bertz CT molecular complexity index is 699. The molecular formula is C17H22ClN3O2. The van der Waals surface area contributed by atoms with Crippen LogP contribution >= 0.6 is 11.6 Å². The van der Waals surface area contributed by atoms with Crippen molar-refractivity contribution in [2.45, 2.75) is 20.3 Å². The summed E-state index contributed by atoms with van der Waals surface area (Å²) in [6.45, 7) is 5.62. The SMILES string of the molecule is COCCC(C)(C)CNc1cnn(-c2ccccc2)c(=O)c1Cl. The maximum Gasteiger partial charge on any atom is 0.292 e. The van der Waals surface area contributed by atoms with Crippen LogP contribution in [0.15, 0.2) is 41.3 Å². The fourth-order valence-electron chi connectivity index (χ4n) is 2.11. The highest BCUT2D eigenvalue weighted by molar-refractivity contribution is 6.32. The Kier molecular flexibility index (Phi) is 5.80. The summed E-state index contributed by atoms with van der Waals surface area (Å²) in [5, 5.41) is 7.57. The Balaban J connectivity index is 2.17. The number of benzene rings is 1. The Morgan fingerprint density at radius 1 is 1.30 bits per heavy atom. The number of hydrogen-bond donors (Lipinski definition) is 1. The number of halogens is 1. The third kappa shape index (κ3) is 4.56. The van der Waals surface area contributed by atoms with Crippen LogP contribution in [-0.2, 0) is 4.74 Å². The lowest BCUT2D eigenvalue weighted by Crippen LogP contribution is -2.27. The average molecular weight is 336 g/mol. The zero-order valence-corrected chi connectivity index (χ0v) is 14.4. The quantitative estimate of drug-likeness (QED) is 0.843. The topological polar surface area (TPSA) is 56.1 Å². The molecule has 1 aromatic carbocycles. The number of nitrogens with zero attached hydrogens (tertiary/aromatic N) is 2. The molecule has 23 heavy (non-hydrogen) atoms. The third-order valence-electron chi connectivity index (χ3n) is 3.66. The van der Waals surface area contributed by atoms with Crippen LogP contribution in [0.5, 0.6) is 0 Å². The van der Waals surface area contributed by atoms with E-state index in [0.717, 1.165) is 6.42 Å². The fraction of sp³-hybridized carbons (Fsp3) is 0.412. The Morgan fingerprint density at radius 2 is 2.00 bits per heavy atom. The summed E-state index contributed by atoms with van der Waals surface area (Å²) in [5.41, 5.74) is 0.923. The van der Waals surface area contributed by atoms with E-state index in [4.69, 9.17) is 16.3 Å². The van der Waals surface area contributed by atoms with Gasteiger partial charge in [-0.05, 0) is 24.0 Å². The maximum absolute atomic E-state index is 12.4. The van der Waals surface area contributed by atoms with E-state index in [2.05, 4.69) is 24.3 Å². The van der Waals surface area contributed by atoms with Crippen molar-refractivity contribution < 1.29 is 4.74 Å². The first-order valence-corrected chi connectivity index (χ1v) is 7.88. The first-order chi connectivity index (χ1) is 10.9. The van der Waals surface area contributed by atoms with E-state index in [9.17, 15) is 4.79 Å². The molecule has 0 aliphatic carbocycles. The first kappa shape index (κ1) is 17.5. The van der Waals surface area contributed by atoms with Crippen LogP contribution in [0.3, 0.4) is 0 Å². The minimum absolute atomic E-state index is 0.0215. The Labute approximate surface area is 141 Å². The number of rotatable bonds is 7. The van der Waals surface area contributed by atoms with Crippen LogP contribution in [0.2, 0.25) is 5.02 Å². The molecule has 0 saturated heterocycles. The van der Waals surface area contributed by atoms with Crippen LogP contribution < -0.4 is 10.9 Å². The van der Waals surface area contributed by atoms with Crippen molar-refractivity contribution in [2.75, 3.05) is 25.6 Å². The molecule has 0 unspecified atom stereocenters. The molecule has 2 aromatic rings. The molecule has 0 amide bonds. The van der Waals surface area contributed by atoms with Gasteiger partial charge >= 0.3 is 0 Å². The van der Waals surface area contributed by atoms with Gasteiger partial charge in [-0.2, -0.15) is 9.78 Å². The maximum atomic E-state index is 12.4. The van der Waals surface area contributed by atoms with E-state index in [1.165, 1.54) is 4.68 Å². The van der Waals surface area contributed by atoms with E-state index in [-0.39, 0.29) is 16.0 Å². The van der Waals surface area contributed by atoms with Crippen molar-refractivity contribution in [2.24, 2.45) is 5.41 Å². The van der Waals surface area contributed by atoms with Crippen molar-refractivity contribution >= 4 is 17.3 Å². The predicted octanol–water partition coefficient (Wildman–Crippen LogP) is 3.36. The second kappa shape index (κ2) is 7.62. The molecule has 6 heteroatoms. The summed E-state index contributed by atoms with van der Waals surface area (Å²) in [5.74, 6) is 0. The molecule has 1 heterocycles. The number of hydrogen-bond acceptors (Lipinski definition) is 4. The van der Waals surface area contributed by atoms with Gasteiger partial charge in [0.05, 0.1) is 17.6 Å². The minimum Gasteiger partial charge on any atom is -0.385 e. The summed E-state index contributed by atoms with van der Waals surface area (Å²) in [7, 11) is 1.69. The van der Waals surface area contributed by atoms with Crippen LogP contribution in [0, 0.1) is 5.41 Å². The van der Waals surface area contributed by atoms with Gasteiger partial charge < -0.3 is 10.1 Å². The third-order valence-corrected chi connectivity index (χ3v) is 4.03. The van der Waals surface area contributed by atoms with Crippen LogP contribution in [0.4, 0.5) is 5.69 Å². The highest BCUT2D eigenvalue weighted by atomic mass is 35.5. The van der Waals surface area contributed by atoms with Crippen LogP contribution in [0.1, 0.15) is 20.3 Å². The molecule has 0 saturated carbocycles. The lowest BCUT2D eigenvalue weighted by atomic mass is 9.89. The Hall–Kier alpha value is -1.85. The summed E-state index contributed by atoms with van der Waals surface area (Å²) in [4.78, 5) is 12.4. The minimum atomic E-state index is -0.336. The van der Waals surface area contributed by atoms with Crippen molar-refractivity contribution in [3.63, 3.8) is 0 Å². The zero-order chi connectivity index (χ0) is 16.9. The summed E-state index contributed by atoms with van der Waals surface area (Å²) < 4.78 is 6.41. The van der Waals surface area contributed by atoms with Gasteiger partial charge in [-0.1, -0.05) is 43.6 Å². The smallest absolute Gasteiger partial charge is 0.292 e. The molecule has 1 aromatic heterocycles. The van der Waals surface area contributed by atoms with Gasteiger partial charge in [0.25, 0.3) is 5.56 Å². The highest BCUT2D eigenvalue weighted by Gasteiger charge is 2.19. The standard InChI is InChI=1S/C17H22ClN3O2/c1-17(2,9-10-23-3)12-19-14-11-20-21(16(22)15(14)18)13-7-5-4-6-8-13/h4-8,11,19H,9-10,12H2,1-3H3. The van der Waals surface area contributed by atoms with E-state index in [0.29, 0.717) is 24.5 Å². The van der Waals surface area contributed by atoms with Crippen molar-refractivity contribution in [3.8, 4) is 5.69 Å². The van der Waals surface area contributed by atoms with Crippen molar-refractivity contribution in [3.05, 3.63) is 51.9 Å². The number of methoxy groups -OCH3 is 1. The zero-order valence-electron chi connectivity index (χ0n) is 13.7. The molecule has 0 aliphatic rings. The molecule has 0 aliphatic heterocycles. The molecule has 1 N–H and O–H groups in total. The summed E-state index contributed by atoms with van der Waals surface area (Å²) in [6.07, 6.45) is 2.49.